The van der Waals surface area contributed by atoms with Gasteiger partial charge >= 0.3 is 0 Å². The molecule has 0 fully saturated rings. The summed E-state index contributed by atoms with van der Waals surface area (Å²) in [6.07, 6.45) is 0.782. The van der Waals surface area contributed by atoms with Gasteiger partial charge in [-0.15, -0.1) is 0 Å². The van der Waals surface area contributed by atoms with Gasteiger partial charge < -0.3 is 15.0 Å². The first-order valence-electron chi connectivity index (χ1n) is 8.50. The fraction of sp³-hybridized carbons (Fsp3) is 0.316. The molecule has 27 heavy (non-hydrogen) atoms. The summed E-state index contributed by atoms with van der Waals surface area (Å²) >= 11 is 0. The van der Waals surface area contributed by atoms with Crippen LogP contribution in [0.2, 0.25) is 0 Å². The summed E-state index contributed by atoms with van der Waals surface area (Å²) in [6, 6.07) is 12.1. The van der Waals surface area contributed by atoms with Crippen LogP contribution in [0.5, 0.6) is 5.75 Å². The summed E-state index contributed by atoms with van der Waals surface area (Å²) in [7, 11) is -0.243. The van der Waals surface area contributed by atoms with E-state index in [9.17, 15) is 13.2 Å². The van der Waals surface area contributed by atoms with E-state index < -0.39 is 10.0 Å². The lowest BCUT2D eigenvalue weighted by molar-refractivity contribution is -0.116. The molecule has 0 heterocycles. The number of anilines is 2. The molecule has 0 saturated carbocycles. The average molecular weight is 391 g/mol. The highest BCUT2D eigenvalue weighted by Crippen LogP contribution is 2.27. The van der Waals surface area contributed by atoms with E-state index in [1.807, 2.05) is 31.2 Å². The van der Waals surface area contributed by atoms with Crippen molar-refractivity contribution in [1.29, 1.82) is 0 Å². The average Bonchev–Trinajstić information content (AvgIpc) is 2.59. The van der Waals surface area contributed by atoms with Crippen LogP contribution in [0, 0.1) is 6.92 Å². The van der Waals surface area contributed by atoms with E-state index in [1.165, 1.54) is 12.1 Å². The van der Waals surface area contributed by atoms with E-state index in [-0.39, 0.29) is 17.2 Å². The summed E-state index contributed by atoms with van der Waals surface area (Å²) in [5.41, 5.74) is 2.24. The lowest BCUT2D eigenvalue weighted by Crippen LogP contribution is -2.19. The molecule has 8 heteroatoms. The normalized spacial score (nSPS) is 11.1. The molecular formula is C19H25N3O4S. The van der Waals surface area contributed by atoms with Crippen molar-refractivity contribution in [2.45, 2.75) is 24.7 Å². The van der Waals surface area contributed by atoms with Crippen LogP contribution in [0.4, 0.5) is 11.4 Å². The van der Waals surface area contributed by atoms with Crippen LogP contribution in [-0.4, -0.2) is 35.0 Å². The van der Waals surface area contributed by atoms with Crippen molar-refractivity contribution >= 4 is 27.3 Å². The number of hydrogen-bond acceptors (Lipinski definition) is 5. The van der Waals surface area contributed by atoms with Crippen LogP contribution < -0.4 is 20.1 Å². The second kappa shape index (κ2) is 8.88. The van der Waals surface area contributed by atoms with Crippen molar-refractivity contribution in [2.75, 3.05) is 30.9 Å². The number of ether oxygens (including phenoxy) is 1. The smallest absolute Gasteiger partial charge is 0.238 e. The molecule has 1 amide bonds. The van der Waals surface area contributed by atoms with Crippen LogP contribution in [0.15, 0.2) is 47.4 Å². The fourth-order valence-electron chi connectivity index (χ4n) is 2.45. The van der Waals surface area contributed by atoms with Gasteiger partial charge in [0.1, 0.15) is 5.75 Å². The Balaban J connectivity index is 1.95. The second-order valence-electron chi connectivity index (χ2n) is 6.43. The number of amides is 1. The van der Waals surface area contributed by atoms with Gasteiger partial charge in [0.05, 0.1) is 22.9 Å². The van der Waals surface area contributed by atoms with Gasteiger partial charge in [0.15, 0.2) is 0 Å². The summed E-state index contributed by atoms with van der Waals surface area (Å²) in [5.74, 6) is 0.536. The standard InChI is InChI=1S/C19H25N3O4S/c1-14-6-8-15(9-7-14)26-12-4-5-19(23)21-17-13-16(27(20,24)25)10-11-18(17)22(2)3/h6-11,13H,4-5,12H2,1-3H3,(H,21,23)(H2,20,24,25). The molecule has 0 spiro atoms. The zero-order valence-corrected chi connectivity index (χ0v) is 16.5. The third-order valence-corrected chi connectivity index (χ3v) is 4.80. The Labute approximate surface area is 160 Å². The van der Waals surface area contributed by atoms with E-state index in [4.69, 9.17) is 9.88 Å². The summed E-state index contributed by atoms with van der Waals surface area (Å²) in [5, 5.41) is 7.93. The minimum Gasteiger partial charge on any atom is -0.494 e. The summed E-state index contributed by atoms with van der Waals surface area (Å²) in [6.45, 7) is 2.41. The number of hydrogen-bond donors (Lipinski definition) is 2. The molecular weight excluding hydrogens is 366 g/mol. The molecule has 0 saturated heterocycles. The third-order valence-electron chi connectivity index (χ3n) is 3.89. The number of nitrogens with two attached hydrogens (primary N) is 1. The van der Waals surface area contributed by atoms with Gasteiger partial charge in [-0.25, -0.2) is 13.6 Å². The van der Waals surface area contributed by atoms with Crippen molar-refractivity contribution in [1.82, 2.24) is 0 Å². The monoisotopic (exact) mass is 391 g/mol. The van der Waals surface area contributed by atoms with E-state index in [2.05, 4.69) is 5.32 Å². The van der Waals surface area contributed by atoms with Crippen molar-refractivity contribution < 1.29 is 17.9 Å². The molecule has 0 aromatic heterocycles. The van der Waals surface area contributed by atoms with Gasteiger partial charge in [-0.3, -0.25) is 4.79 Å². The first kappa shape index (κ1) is 20.7. The Kier molecular flexibility index (Phi) is 6.81. The highest BCUT2D eigenvalue weighted by Gasteiger charge is 2.14. The number of rotatable bonds is 8. The van der Waals surface area contributed by atoms with Gasteiger partial charge in [0.2, 0.25) is 15.9 Å². The SMILES string of the molecule is Cc1ccc(OCCCC(=O)Nc2cc(S(N)(=O)=O)ccc2N(C)C)cc1. The van der Waals surface area contributed by atoms with E-state index in [0.29, 0.717) is 24.4 Å². The van der Waals surface area contributed by atoms with Gasteiger partial charge in [0.25, 0.3) is 0 Å². The summed E-state index contributed by atoms with van der Waals surface area (Å²) < 4.78 is 28.7. The highest BCUT2D eigenvalue weighted by atomic mass is 32.2. The third kappa shape index (κ3) is 6.26. The second-order valence-corrected chi connectivity index (χ2v) is 7.99. The first-order chi connectivity index (χ1) is 12.7. The molecule has 0 bridgehead atoms. The summed E-state index contributed by atoms with van der Waals surface area (Å²) in [4.78, 5) is 14.0. The number of carbonyl (C=O) groups is 1. The number of primary sulfonamides is 1. The van der Waals surface area contributed by atoms with Crippen molar-refractivity contribution in [3.63, 3.8) is 0 Å². The fourth-order valence-corrected chi connectivity index (χ4v) is 2.99. The van der Waals surface area contributed by atoms with E-state index in [0.717, 1.165) is 11.3 Å². The van der Waals surface area contributed by atoms with Crippen LogP contribution in [0.3, 0.4) is 0 Å². The van der Waals surface area contributed by atoms with E-state index in [1.54, 1.807) is 25.1 Å². The molecule has 2 aromatic rings. The quantitative estimate of drug-likeness (QED) is 0.673. The first-order valence-corrected chi connectivity index (χ1v) is 10.0. The number of sulfonamides is 1. The Morgan fingerprint density at radius 2 is 1.81 bits per heavy atom. The molecule has 2 aromatic carbocycles. The predicted octanol–water partition coefficient (Wildman–Crippen LogP) is 2.51. The number of carbonyl (C=O) groups excluding carboxylic acids is 1. The molecule has 0 unspecified atom stereocenters. The molecule has 146 valence electrons. The van der Waals surface area contributed by atoms with Crippen molar-refractivity contribution in [3.05, 3.63) is 48.0 Å². The lowest BCUT2D eigenvalue weighted by Gasteiger charge is -2.18. The van der Waals surface area contributed by atoms with Crippen molar-refractivity contribution in [2.24, 2.45) is 5.14 Å². The number of benzene rings is 2. The van der Waals surface area contributed by atoms with E-state index >= 15 is 0 Å². The van der Waals surface area contributed by atoms with Crippen LogP contribution >= 0.6 is 0 Å². The van der Waals surface area contributed by atoms with Crippen LogP contribution in [0.1, 0.15) is 18.4 Å². The molecule has 0 aliphatic heterocycles. The van der Waals surface area contributed by atoms with Crippen LogP contribution in [-0.2, 0) is 14.8 Å². The zero-order chi connectivity index (χ0) is 20.0. The van der Waals surface area contributed by atoms with Crippen LogP contribution in [0.25, 0.3) is 0 Å². The van der Waals surface area contributed by atoms with Crippen molar-refractivity contribution in [3.8, 4) is 5.75 Å². The Bertz CT molecular complexity index is 894. The molecule has 0 radical (unpaired) electrons. The van der Waals surface area contributed by atoms with Gasteiger partial charge in [-0.1, -0.05) is 17.7 Å². The van der Waals surface area contributed by atoms with Gasteiger partial charge in [0, 0.05) is 20.5 Å². The maximum atomic E-state index is 12.2. The number of nitrogens with zero attached hydrogens (tertiary/aromatic N) is 1. The van der Waals surface area contributed by atoms with Gasteiger partial charge in [-0.2, -0.15) is 0 Å². The molecule has 7 nitrogen and oxygen atoms in total. The van der Waals surface area contributed by atoms with Gasteiger partial charge in [-0.05, 0) is 43.7 Å². The molecule has 0 atom stereocenters. The predicted molar refractivity (Wildman–Crippen MR) is 107 cm³/mol. The number of nitrogens with one attached hydrogen (secondary N) is 1. The molecule has 0 aliphatic carbocycles. The minimum atomic E-state index is -3.85. The maximum Gasteiger partial charge on any atom is 0.238 e. The Hall–Kier alpha value is -2.58. The lowest BCUT2D eigenvalue weighted by atomic mass is 10.2. The number of aryl methyl sites for hydroxylation is 1. The molecule has 3 N–H and O–H groups in total. The Morgan fingerprint density at radius 3 is 2.41 bits per heavy atom. The molecule has 0 aliphatic rings. The topological polar surface area (TPSA) is 102 Å². The zero-order valence-electron chi connectivity index (χ0n) is 15.7. The maximum absolute atomic E-state index is 12.2. The molecule has 2 rings (SSSR count). The Morgan fingerprint density at radius 1 is 1.15 bits per heavy atom. The minimum absolute atomic E-state index is 0.0499. The largest absolute Gasteiger partial charge is 0.494 e. The highest BCUT2D eigenvalue weighted by molar-refractivity contribution is 7.89.